The Balaban J connectivity index is 1.70. The first-order valence-electron chi connectivity index (χ1n) is 11.9. The fourth-order valence-electron chi connectivity index (χ4n) is 4.62. The number of hydrogen-bond acceptors (Lipinski definition) is 7. The fourth-order valence-corrected chi connectivity index (χ4v) is 5.79. The standard InChI is InChI=1S/C29H26N2O5S/c1-5-36-21-12-6-18(7-13-21)25-23(26(32)19-8-10-20(35-4)11-9-19)27(33)28(34)31(25)29-30-24-17(3)14-16(2)15-22(24)37-29/h6-15,25,32H,5H2,1-4H3. The van der Waals surface area contributed by atoms with Crippen LogP contribution >= 0.6 is 11.3 Å². The van der Waals surface area contributed by atoms with Gasteiger partial charge in [-0.05, 0) is 79.9 Å². The van der Waals surface area contributed by atoms with Crippen LogP contribution in [0.4, 0.5) is 5.13 Å². The molecule has 37 heavy (non-hydrogen) atoms. The van der Waals surface area contributed by atoms with Crippen molar-refractivity contribution < 1.29 is 24.2 Å². The lowest BCUT2D eigenvalue weighted by Gasteiger charge is -2.23. The molecule has 0 saturated carbocycles. The molecule has 4 aromatic rings. The van der Waals surface area contributed by atoms with Crippen LogP contribution in [0.3, 0.4) is 0 Å². The van der Waals surface area contributed by atoms with Crippen molar-refractivity contribution in [3.63, 3.8) is 0 Å². The molecule has 0 radical (unpaired) electrons. The number of methoxy groups -OCH3 is 1. The molecule has 1 aliphatic rings. The minimum absolute atomic E-state index is 0.00600. The predicted molar refractivity (Wildman–Crippen MR) is 144 cm³/mol. The predicted octanol–water partition coefficient (Wildman–Crippen LogP) is 5.95. The van der Waals surface area contributed by atoms with Crippen molar-refractivity contribution in [1.29, 1.82) is 0 Å². The molecule has 1 atom stereocenters. The van der Waals surface area contributed by atoms with E-state index in [4.69, 9.17) is 14.5 Å². The highest BCUT2D eigenvalue weighted by Gasteiger charge is 2.48. The third kappa shape index (κ3) is 4.34. The monoisotopic (exact) mass is 514 g/mol. The SMILES string of the molecule is CCOc1ccc(C2C(=C(O)c3ccc(OC)cc3)C(=O)C(=O)N2c2nc3c(C)cc(C)cc3s2)cc1. The van der Waals surface area contributed by atoms with Gasteiger partial charge in [-0.15, -0.1) is 0 Å². The van der Waals surface area contributed by atoms with Gasteiger partial charge in [0, 0.05) is 5.56 Å². The van der Waals surface area contributed by atoms with Crippen molar-refractivity contribution in [1.82, 2.24) is 4.98 Å². The number of carbonyl (C=O) groups is 2. The van der Waals surface area contributed by atoms with Crippen LogP contribution in [0.2, 0.25) is 0 Å². The Morgan fingerprint density at radius 3 is 2.35 bits per heavy atom. The molecule has 0 bridgehead atoms. The number of aliphatic hydroxyl groups is 1. The van der Waals surface area contributed by atoms with E-state index >= 15 is 0 Å². The lowest BCUT2D eigenvalue weighted by Crippen LogP contribution is -2.29. The van der Waals surface area contributed by atoms with Gasteiger partial charge in [0.2, 0.25) is 0 Å². The van der Waals surface area contributed by atoms with E-state index in [0.29, 0.717) is 34.4 Å². The maximum atomic E-state index is 13.5. The number of benzene rings is 3. The molecule has 5 rings (SSSR count). The molecule has 1 aromatic heterocycles. The number of aromatic nitrogens is 1. The van der Waals surface area contributed by atoms with Crippen molar-refractivity contribution in [3.8, 4) is 11.5 Å². The Kier molecular flexibility index (Phi) is 6.43. The Labute approximate surface area is 218 Å². The quantitative estimate of drug-likeness (QED) is 0.194. The van der Waals surface area contributed by atoms with Gasteiger partial charge in [-0.3, -0.25) is 14.5 Å². The van der Waals surface area contributed by atoms with Crippen molar-refractivity contribution >= 4 is 44.1 Å². The minimum atomic E-state index is -0.861. The molecular formula is C29H26N2O5S. The number of aliphatic hydroxyl groups excluding tert-OH is 1. The van der Waals surface area contributed by atoms with E-state index in [1.54, 1.807) is 55.6 Å². The van der Waals surface area contributed by atoms with Crippen LogP contribution in [0.1, 0.15) is 35.2 Å². The summed E-state index contributed by atoms with van der Waals surface area (Å²) in [6, 6.07) is 17.1. The molecule has 1 amide bonds. The topological polar surface area (TPSA) is 89.0 Å². The Bertz CT molecular complexity index is 1540. The van der Waals surface area contributed by atoms with E-state index in [0.717, 1.165) is 21.3 Å². The highest BCUT2D eigenvalue weighted by Crippen LogP contribution is 2.45. The van der Waals surface area contributed by atoms with Crippen LogP contribution in [0.15, 0.2) is 66.2 Å². The number of rotatable bonds is 6. The molecule has 188 valence electrons. The van der Waals surface area contributed by atoms with Crippen LogP contribution in [0, 0.1) is 13.8 Å². The van der Waals surface area contributed by atoms with Crippen LogP contribution < -0.4 is 14.4 Å². The van der Waals surface area contributed by atoms with Crippen molar-refractivity contribution in [3.05, 3.63) is 88.5 Å². The third-order valence-corrected chi connectivity index (χ3v) is 7.34. The molecule has 1 aliphatic heterocycles. The molecule has 1 fully saturated rings. The average Bonchev–Trinajstić information content (AvgIpc) is 3.43. The molecule has 2 heterocycles. The summed E-state index contributed by atoms with van der Waals surface area (Å²) in [5.74, 6) is -0.470. The summed E-state index contributed by atoms with van der Waals surface area (Å²) < 4.78 is 11.7. The first-order valence-corrected chi connectivity index (χ1v) is 12.7. The molecule has 7 nitrogen and oxygen atoms in total. The largest absolute Gasteiger partial charge is 0.507 e. The Hall–Kier alpha value is -4.17. The summed E-state index contributed by atoms with van der Waals surface area (Å²) in [4.78, 5) is 33.1. The number of aryl methyl sites for hydroxylation is 2. The number of anilines is 1. The number of carbonyl (C=O) groups excluding carboxylic acids is 2. The summed E-state index contributed by atoms with van der Waals surface area (Å²) in [7, 11) is 1.55. The molecule has 1 unspecified atom stereocenters. The number of ether oxygens (including phenoxy) is 2. The number of nitrogens with zero attached hydrogens (tertiary/aromatic N) is 2. The van der Waals surface area contributed by atoms with Crippen LogP contribution in [0.25, 0.3) is 16.0 Å². The van der Waals surface area contributed by atoms with Gasteiger partial charge in [0.15, 0.2) is 5.13 Å². The number of ketones is 1. The zero-order chi connectivity index (χ0) is 26.3. The number of Topliss-reactive ketones (excluding diaryl/α,β-unsaturated/α-hetero) is 1. The lowest BCUT2D eigenvalue weighted by molar-refractivity contribution is -0.132. The lowest BCUT2D eigenvalue weighted by atomic mass is 9.95. The van der Waals surface area contributed by atoms with E-state index in [1.807, 2.05) is 32.9 Å². The zero-order valence-electron chi connectivity index (χ0n) is 20.9. The second-order valence-corrected chi connectivity index (χ2v) is 9.83. The van der Waals surface area contributed by atoms with Crippen LogP contribution in [-0.4, -0.2) is 35.5 Å². The summed E-state index contributed by atoms with van der Waals surface area (Å²) in [5.41, 5.74) is 3.93. The summed E-state index contributed by atoms with van der Waals surface area (Å²) in [5, 5.41) is 11.7. The smallest absolute Gasteiger partial charge is 0.301 e. The van der Waals surface area contributed by atoms with Gasteiger partial charge in [0.25, 0.3) is 5.78 Å². The Morgan fingerprint density at radius 2 is 1.70 bits per heavy atom. The van der Waals surface area contributed by atoms with E-state index in [1.165, 1.54) is 16.2 Å². The van der Waals surface area contributed by atoms with Crippen LogP contribution in [-0.2, 0) is 9.59 Å². The number of thiazole rings is 1. The molecule has 0 aliphatic carbocycles. The first-order chi connectivity index (χ1) is 17.8. The molecular weight excluding hydrogens is 488 g/mol. The number of hydrogen-bond donors (Lipinski definition) is 1. The average molecular weight is 515 g/mol. The maximum absolute atomic E-state index is 13.5. The zero-order valence-corrected chi connectivity index (χ0v) is 21.8. The second-order valence-electron chi connectivity index (χ2n) is 8.82. The van der Waals surface area contributed by atoms with Gasteiger partial charge in [-0.25, -0.2) is 4.98 Å². The first kappa shape index (κ1) is 24.5. The van der Waals surface area contributed by atoms with Crippen LogP contribution in [0.5, 0.6) is 11.5 Å². The van der Waals surface area contributed by atoms with E-state index in [2.05, 4.69) is 0 Å². The third-order valence-electron chi connectivity index (χ3n) is 6.34. The van der Waals surface area contributed by atoms with Crippen molar-refractivity contribution in [2.45, 2.75) is 26.8 Å². The number of fused-ring (bicyclic) bond motifs is 1. The highest BCUT2D eigenvalue weighted by atomic mass is 32.1. The Morgan fingerprint density at radius 1 is 1.03 bits per heavy atom. The molecule has 8 heteroatoms. The van der Waals surface area contributed by atoms with Crippen molar-refractivity contribution in [2.75, 3.05) is 18.6 Å². The maximum Gasteiger partial charge on any atom is 0.301 e. The minimum Gasteiger partial charge on any atom is -0.507 e. The molecule has 3 aromatic carbocycles. The number of amides is 1. The van der Waals surface area contributed by atoms with E-state index in [-0.39, 0.29) is 11.3 Å². The fraction of sp³-hybridized carbons (Fsp3) is 0.207. The van der Waals surface area contributed by atoms with Gasteiger partial charge in [-0.1, -0.05) is 29.5 Å². The van der Waals surface area contributed by atoms with Gasteiger partial charge in [0.05, 0.1) is 35.5 Å². The van der Waals surface area contributed by atoms with E-state index < -0.39 is 17.7 Å². The normalized spacial score (nSPS) is 17.0. The van der Waals surface area contributed by atoms with Crippen molar-refractivity contribution in [2.24, 2.45) is 0 Å². The van der Waals surface area contributed by atoms with E-state index in [9.17, 15) is 14.7 Å². The molecule has 0 spiro atoms. The highest BCUT2D eigenvalue weighted by molar-refractivity contribution is 7.22. The van der Waals surface area contributed by atoms with Gasteiger partial charge in [0.1, 0.15) is 17.3 Å². The molecule has 1 saturated heterocycles. The molecule has 1 N–H and O–H groups in total. The van der Waals surface area contributed by atoms with Gasteiger partial charge in [-0.2, -0.15) is 0 Å². The second kappa shape index (κ2) is 9.71. The summed E-state index contributed by atoms with van der Waals surface area (Å²) >= 11 is 1.35. The summed E-state index contributed by atoms with van der Waals surface area (Å²) in [6.07, 6.45) is 0. The van der Waals surface area contributed by atoms with Gasteiger partial charge >= 0.3 is 5.91 Å². The summed E-state index contributed by atoms with van der Waals surface area (Å²) in [6.45, 7) is 6.39. The van der Waals surface area contributed by atoms with Gasteiger partial charge < -0.3 is 14.6 Å².